The summed E-state index contributed by atoms with van der Waals surface area (Å²) in [6.45, 7) is 5.60. The maximum absolute atomic E-state index is 13.7. The molecule has 39 heavy (non-hydrogen) atoms. The highest BCUT2D eigenvalue weighted by atomic mass is 32.1. The molecule has 0 radical (unpaired) electrons. The van der Waals surface area contributed by atoms with Crippen LogP contribution >= 0.6 is 11.5 Å². The molecule has 0 unspecified atom stereocenters. The van der Waals surface area contributed by atoms with E-state index in [9.17, 15) is 14.4 Å². The molecule has 0 aliphatic carbocycles. The topological polar surface area (TPSA) is 105 Å². The number of aromatic nitrogens is 1. The molecule has 10 heteroatoms. The number of carbonyl (C=O) groups excluding carboxylic acids is 3. The third kappa shape index (κ3) is 4.82. The molecule has 1 aliphatic rings. The second-order valence-corrected chi connectivity index (χ2v) is 9.54. The van der Waals surface area contributed by atoms with E-state index >= 15 is 0 Å². The summed E-state index contributed by atoms with van der Waals surface area (Å²) in [6.07, 6.45) is 0. The Morgan fingerprint density at radius 2 is 1.41 bits per heavy atom. The SMILES string of the molecule is CCOC(=O)c1c(-c2ccccc2)nsc1N=NC1C(=O)N(c2ccccc2C)N(c2ccccc2C)C1=O. The fourth-order valence-corrected chi connectivity index (χ4v) is 5.06. The molecule has 3 aromatic carbocycles. The number of anilines is 2. The Morgan fingerprint density at radius 3 is 1.95 bits per heavy atom. The summed E-state index contributed by atoms with van der Waals surface area (Å²) >= 11 is 0.949. The fraction of sp³-hybridized carbons (Fsp3) is 0.172. The summed E-state index contributed by atoms with van der Waals surface area (Å²) in [6, 6.07) is 22.4. The Kier molecular flexibility index (Phi) is 7.29. The molecule has 0 saturated carbocycles. The summed E-state index contributed by atoms with van der Waals surface area (Å²) in [5.41, 5.74) is 4.01. The fourth-order valence-electron chi connectivity index (χ4n) is 4.33. The Labute approximate surface area is 229 Å². The number of hydrazine groups is 1. The van der Waals surface area contributed by atoms with Gasteiger partial charge in [-0.3, -0.25) is 9.59 Å². The number of benzene rings is 3. The monoisotopic (exact) mass is 539 g/mol. The molecule has 0 N–H and O–H groups in total. The third-order valence-electron chi connectivity index (χ3n) is 6.24. The van der Waals surface area contributed by atoms with Crippen LogP contribution in [0.5, 0.6) is 0 Å². The van der Waals surface area contributed by atoms with Gasteiger partial charge in [-0.05, 0) is 55.6 Å². The zero-order valence-corrected chi connectivity index (χ0v) is 22.4. The van der Waals surface area contributed by atoms with Crippen LogP contribution in [0.2, 0.25) is 0 Å². The van der Waals surface area contributed by atoms with Gasteiger partial charge >= 0.3 is 5.97 Å². The number of esters is 1. The number of ether oxygens (including phenoxy) is 1. The second kappa shape index (κ2) is 11.0. The number of nitrogens with zero attached hydrogens (tertiary/aromatic N) is 5. The van der Waals surface area contributed by atoms with Crippen molar-refractivity contribution in [1.82, 2.24) is 4.37 Å². The summed E-state index contributed by atoms with van der Waals surface area (Å²) < 4.78 is 9.67. The molecule has 1 saturated heterocycles. The first-order chi connectivity index (χ1) is 18.9. The first-order valence-electron chi connectivity index (χ1n) is 12.3. The largest absolute Gasteiger partial charge is 0.462 e. The number of hydrogen-bond donors (Lipinski definition) is 0. The number of azo groups is 1. The highest BCUT2D eigenvalue weighted by Crippen LogP contribution is 2.37. The summed E-state index contributed by atoms with van der Waals surface area (Å²) in [5, 5.41) is 11.3. The van der Waals surface area contributed by atoms with E-state index in [1.165, 1.54) is 10.0 Å². The Balaban J connectivity index is 1.57. The van der Waals surface area contributed by atoms with Crippen LogP contribution in [0.15, 0.2) is 89.1 Å². The van der Waals surface area contributed by atoms with Crippen molar-refractivity contribution in [2.45, 2.75) is 26.8 Å². The summed E-state index contributed by atoms with van der Waals surface area (Å²) in [5.74, 6) is -1.70. The predicted molar refractivity (Wildman–Crippen MR) is 149 cm³/mol. The van der Waals surface area contributed by atoms with E-state index in [0.717, 1.165) is 22.7 Å². The lowest BCUT2D eigenvalue weighted by molar-refractivity contribution is -0.123. The predicted octanol–water partition coefficient (Wildman–Crippen LogP) is 6.05. The van der Waals surface area contributed by atoms with Crippen molar-refractivity contribution >= 4 is 45.7 Å². The van der Waals surface area contributed by atoms with E-state index in [2.05, 4.69) is 14.6 Å². The summed E-state index contributed by atoms with van der Waals surface area (Å²) in [7, 11) is 0. The smallest absolute Gasteiger partial charge is 0.343 e. The van der Waals surface area contributed by atoms with Crippen molar-refractivity contribution in [3.8, 4) is 11.3 Å². The van der Waals surface area contributed by atoms with Crippen LogP contribution < -0.4 is 10.0 Å². The van der Waals surface area contributed by atoms with Gasteiger partial charge in [-0.25, -0.2) is 14.8 Å². The molecule has 5 rings (SSSR count). The van der Waals surface area contributed by atoms with Crippen molar-refractivity contribution in [2.75, 3.05) is 16.6 Å². The number of aryl methyl sites for hydroxylation is 2. The van der Waals surface area contributed by atoms with Gasteiger partial charge in [0.15, 0.2) is 5.00 Å². The lowest BCUT2D eigenvalue weighted by Gasteiger charge is -2.29. The molecular weight excluding hydrogens is 514 g/mol. The molecule has 9 nitrogen and oxygen atoms in total. The van der Waals surface area contributed by atoms with Crippen molar-refractivity contribution < 1.29 is 19.1 Å². The van der Waals surface area contributed by atoms with E-state index in [-0.39, 0.29) is 17.2 Å². The molecule has 196 valence electrons. The van der Waals surface area contributed by atoms with E-state index in [0.29, 0.717) is 22.6 Å². The van der Waals surface area contributed by atoms with Crippen LogP contribution in [0.3, 0.4) is 0 Å². The molecule has 0 spiro atoms. The minimum Gasteiger partial charge on any atom is -0.462 e. The molecule has 2 heterocycles. The molecule has 2 amide bonds. The first-order valence-corrected chi connectivity index (χ1v) is 13.1. The zero-order chi connectivity index (χ0) is 27.5. The molecule has 1 fully saturated rings. The van der Waals surface area contributed by atoms with Gasteiger partial charge in [0, 0.05) is 5.56 Å². The van der Waals surface area contributed by atoms with Crippen LogP contribution in [0.4, 0.5) is 16.4 Å². The molecule has 1 aromatic heterocycles. The van der Waals surface area contributed by atoms with Crippen molar-refractivity contribution in [3.05, 3.63) is 95.6 Å². The maximum atomic E-state index is 13.7. The minimum atomic E-state index is -1.44. The van der Waals surface area contributed by atoms with Gasteiger partial charge in [0.1, 0.15) is 11.3 Å². The van der Waals surface area contributed by atoms with Gasteiger partial charge in [0.05, 0.1) is 18.0 Å². The maximum Gasteiger partial charge on any atom is 0.343 e. The Hall–Kier alpha value is -4.70. The second-order valence-electron chi connectivity index (χ2n) is 8.79. The lowest BCUT2D eigenvalue weighted by Crippen LogP contribution is -2.42. The van der Waals surface area contributed by atoms with Gasteiger partial charge < -0.3 is 4.74 Å². The number of hydrogen-bond acceptors (Lipinski definition) is 8. The zero-order valence-electron chi connectivity index (χ0n) is 21.6. The van der Waals surface area contributed by atoms with Crippen molar-refractivity contribution in [1.29, 1.82) is 0 Å². The number of rotatable bonds is 7. The molecule has 0 atom stereocenters. The quantitative estimate of drug-likeness (QED) is 0.162. The van der Waals surface area contributed by atoms with E-state index in [4.69, 9.17) is 4.74 Å². The van der Waals surface area contributed by atoms with Crippen LogP contribution in [0, 0.1) is 13.8 Å². The van der Waals surface area contributed by atoms with Crippen molar-refractivity contribution in [3.63, 3.8) is 0 Å². The van der Waals surface area contributed by atoms with Gasteiger partial charge in [0.2, 0.25) is 6.04 Å². The normalized spacial score (nSPS) is 14.0. The van der Waals surface area contributed by atoms with Gasteiger partial charge in [0.25, 0.3) is 11.8 Å². The number of para-hydroxylation sites is 2. The van der Waals surface area contributed by atoms with Crippen molar-refractivity contribution in [2.24, 2.45) is 10.2 Å². The third-order valence-corrected chi connectivity index (χ3v) is 6.97. The lowest BCUT2D eigenvalue weighted by atomic mass is 10.1. The summed E-state index contributed by atoms with van der Waals surface area (Å²) in [4.78, 5) is 40.4. The average Bonchev–Trinajstić information content (AvgIpc) is 3.47. The number of amides is 2. The van der Waals surface area contributed by atoms with Gasteiger partial charge in [-0.1, -0.05) is 66.7 Å². The molecular formula is C29H25N5O4S. The van der Waals surface area contributed by atoms with E-state index < -0.39 is 23.8 Å². The van der Waals surface area contributed by atoms with Gasteiger partial charge in [-0.15, -0.1) is 5.11 Å². The Bertz CT molecular complexity index is 1520. The molecule has 0 bridgehead atoms. The van der Waals surface area contributed by atoms with Crippen LogP contribution in [-0.2, 0) is 14.3 Å². The molecule has 1 aliphatic heterocycles. The standard InChI is InChI=1S/C29H25N5O4S/c1-4-38-29(37)23-24(20-14-6-5-7-15-20)32-39-26(23)31-30-25-27(35)33(21-16-10-8-12-18(21)2)34(28(25)36)22-17-11-9-13-19(22)3/h5-17,25H,4H2,1-3H3. The highest BCUT2D eigenvalue weighted by Gasteiger charge is 2.48. The van der Waals surface area contributed by atoms with Crippen LogP contribution in [0.1, 0.15) is 28.4 Å². The highest BCUT2D eigenvalue weighted by molar-refractivity contribution is 7.10. The molecule has 4 aromatic rings. The number of carbonyl (C=O) groups is 3. The van der Waals surface area contributed by atoms with E-state index in [1.807, 2.05) is 68.4 Å². The van der Waals surface area contributed by atoms with Gasteiger partial charge in [-0.2, -0.15) is 9.49 Å². The minimum absolute atomic E-state index is 0.140. The van der Waals surface area contributed by atoms with E-state index in [1.54, 1.807) is 31.2 Å². The Morgan fingerprint density at radius 1 is 0.872 bits per heavy atom. The first kappa shape index (κ1) is 25.9. The van der Waals surface area contributed by atoms with Crippen LogP contribution in [0.25, 0.3) is 11.3 Å². The van der Waals surface area contributed by atoms with Crippen LogP contribution in [-0.4, -0.2) is 34.8 Å². The average molecular weight is 540 g/mol.